The maximum absolute atomic E-state index is 13.1. The van der Waals surface area contributed by atoms with Gasteiger partial charge in [0.15, 0.2) is 18.1 Å². The molecule has 2 aromatic rings. The van der Waals surface area contributed by atoms with Gasteiger partial charge in [-0.15, -0.1) is 0 Å². The van der Waals surface area contributed by atoms with Gasteiger partial charge < -0.3 is 9.47 Å². The quantitative estimate of drug-likeness (QED) is 0.615. The van der Waals surface area contributed by atoms with E-state index in [-0.39, 0.29) is 17.9 Å². The molecule has 29 heavy (non-hydrogen) atoms. The fourth-order valence-corrected chi connectivity index (χ4v) is 2.65. The van der Waals surface area contributed by atoms with Gasteiger partial charge in [-0.1, -0.05) is 6.07 Å². The van der Waals surface area contributed by atoms with Crippen molar-refractivity contribution in [1.29, 1.82) is 5.26 Å². The van der Waals surface area contributed by atoms with Crippen molar-refractivity contribution in [3.63, 3.8) is 0 Å². The van der Waals surface area contributed by atoms with Gasteiger partial charge in [0.1, 0.15) is 17.5 Å². The van der Waals surface area contributed by atoms with Crippen LogP contribution in [0.3, 0.4) is 0 Å². The van der Waals surface area contributed by atoms with Crippen LogP contribution >= 0.6 is 0 Å². The molecule has 0 radical (unpaired) electrons. The Morgan fingerprint density at radius 1 is 1.14 bits per heavy atom. The number of methoxy groups -OCH3 is 1. The zero-order valence-corrected chi connectivity index (χ0v) is 15.1. The van der Waals surface area contributed by atoms with Gasteiger partial charge >= 0.3 is 6.03 Å². The number of ether oxygens (including phenoxy) is 2. The Hall–Kier alpha value is -4.19. The lowest BCUT2D eigenvalue weighted by molar-refractivity contribution is -0.122. The molecule has 146 valence electrons. The number of amides is 4. The van der Waals surface area contributed by atoms with Crippen LogP contribution in [0, 0.1) is 17.1 Å². The lowest BCUT2D eigenvalue weighted by atomic mass is 10.1. The first-order valence-electron chi connectivity index (χ1n) is 8.29. The highest BCUT2D eigenvalue weighted by molar-refractivity contribution is 6.39. The predicted molar refractivity (Wildman–Crippen MR) is 99.5 cm³/mol. The number of hydrogen-bond acceptors (Lipinski definition) is 6. The monoisotopic (exact) mass is 395 g/mol. The number of barbiturate groups is 1. The van der Waals surface area contributed by atoms with Crippen molar-refractivity contribution < 1.29 is 28.2 Å². The van der Waals surface area contributed by atoms with Crippen LogP contribution in [0.1, 0.15) is 5.56 Å². The second-order valence-corrected chi connectivity index (χ2v) is 5.79. The SMILES string of the molecule is COc1cc(/C=C2\C(=O)NC(=O)N(c3ccc(F)cc3)C2=O)ccc1OCC#N. The Kier molecular flexibility index (Phi) is 5.55. The number of rotatable bonds is 5. The van der Waals surface area contributed by atoms with Gasteiger partial charge in [-0.05, 0) is 48.0 Å². The van der Waals surface area contributed by atoms with Crippen LogP contribution in [0.4, 0.5) is 14.9 Å². The first-order valence-corrected chi connectivity index (χ1v) is 8.29. The van der Waals surface area contributed by atoms with Gasteiger partial charge in [0, 0.05) is 0 Å². The molecule has 1 aliphatic heterocycles. The van der Waals surface area contributed by atoms with E-state index in [2.05, 4.69) is 5.32 Å². The van der Waals surface area contributed by atoms with E-state index in [1.807, 2.05) is 6.07 Å². The number of imide groups is 2. The van der Waals surface area contributed by atoms with Crippen molar-refractivity contribution in [2.45, 2.75) is 0 Å². The Bertz CT molecular complexity index is 1060. The van der Waals surface area contributed by atoms with Crippen molar-refractivity contribution in [1.82, 2.24) is 5.32 Å². The molecule has 0 unspecified atom stereocenters. The fraction of sp³-hybridized carbons (Fsp3) is 0.100. The summed E-state index contributed by atoms with van der Waals surface area (Å²) in [6, 6.07) is 10.2. The van der Waals surface area contributed by atoms with Crippen LogP contribution in [-0.2, 0) is 9.59 Å². The first kappa shape index (κ1) is 19.6. The number of anilines is 1. The summed E-state index contributed by atoms with van der Waals surface area (Å²) in [6.45, 7) is -0.174. The molecular formula is C20H14FN3O5. The average molecular weight is 395 g/mol. The number of carbonyl (C=O) groups excluding carboxylic acids is 3. The molecule has 1 aliphatic rings. The average Bonchev–Trinajstić information content (AvgIpc) is 2.71. The van der Waals surface area contributed by atoms with Gasteiger partial charge in [-0.3, -0.25) is 14.9 Å². The molecule has 1 heterocycles. The number of nitriles is 1. The summed E-state index contributed by atoms with van der Waals surface area (Å²) >= 11 is 0. The Morgan fingerprint density at radius 2 is 1.86 bits per heavy atom. The third-order valence-electron chi connectivity index (χ3n) is 3.98. The van der Waals surface area contributed by atoms with Gasteiger partial charge in [0.2, 0.25) is 0 Å². The highest BCUT2D eigenvalue weighted by atomic mass is 19.1. The minimum atomic E-state index is -0.929. The maximum atomic E-state index is 13.1. The van der Waals surface area contributed by atoms with E-state index in [0.29, 0.717) is 17.1 Å². The molecule has 1 saturated heterocycles. The van der Waals surface area contributed by atoms with Crippen LogP contribution in [0.15, 0.2) is 48.0 Å². The minimum absolute atomic E-state index is 0.116. The Balaban J connectivity index is 1.96. The van der Waals surface area contributed by atoms with Crippen LogP contribution in [0.2, 0.25) is 0 Å². The topological polar surface area (TPSA) is 109 Å². The van der Waals surface area contributed by atoms with E-state index < -0.39 is 23.7 Å². The van der Waals surface area contributed by atoms with E-state index in [0.717, 1.165) is 17.0 Å². The van der Waals surface area contributed by atoms with Crippen molar-refractivity contribution >= 4 is 29.6 Å². The molecular weight excluding hydrogens is 381 g/mol. The summed E-state index contributed by atoms with van der Waals surface area (Å²) in [5, 5.41) is 10.7. The summed E-state index contributed by atoms with van der Waals surface area (Å²) in [7, 11) is 1.40. The largest absolute Gasteiger partial charge is 0.493 e. The minimum Gasteiger partial charge on any atom is -0.493 e. The van der Waals surface area contributed by atoms with E-state index in [1.54, 1.807) is 6.07 Å². The highest BCUT2D eigenvalue weighted by Gasteiger charge is 2.36. The molecule has 8 nitrogen and oxygen atoms in total. The second-order valence-electron chi connectivity index (χ2n) is 5.79. The van der Waals surface area contributed by atoms with Crippen molar-refractivity contribution in [2.75, 3.05) is 18.6 Å². The maximum Gasteiger partial charge on any atom is 0.335 e. The number of nitrogens with one attached hydrogen (secondary N) is 1. The number of nitrogens with zero attached hydrogens (tertiary/aromatic N) is 2. The molecule has 9 heteroatoms. The second kappa shape index (κ2) is 8.22. The van der Waals surface area contributed by atoms with Crippen LogP contribution in [-0.4, -0.2) is 31.6 Å². The molecule has 0 aliphatic carbocycles. The van der Waals surface area contributed by atoms with Crippen molar-refractivity contribution in [3.05, 3.63) is 59.4 Å². The van der Waals surface area contributed by atoms with E-state index in [1.165, 1.54) is 37.5 Å². The van der Waals surface area contributed by atoms with Crippen molar-refractivity contribution in [3.8, 4) is 17.6 Å². The van der Waals surface area contributed by atoms with Gasteiger partial charge in [0.05, 0.1) is 12.8 Å². The van der Waals surface area contributed by atoms with E-state index in [4.69, 9.17) is 14.7 Å². The summed E-state index contributed by atoms with van der Waals surface area (Å²) in [4.78, 5) is 37.9. The van der Waals surface area contributed by atoms with Crippen LogP contribution in [0.25, 0.3) is 6.08 Å². The third-order valence-corrected chi connectivity index (χ3v) is 3.98. The molecule has 0 aromatic heterocycles. The summed E-state index contributed by atoms with van der Waals surface area (Å²) in [5.74, 6) is -1.63. The molecule has 1 fully saturated rings. The first-order chi connectivity index (χ1) is 13.9. The molecule has 4 amide bonds. The zero-order chi connectivity index (χ0) is 21.0. The van der Waals surface area contributed by atoms with Crippen LogP contribution < -0.4 is 19.7 Å². The summed E-state index contributed by atoms with van der Waals surface area (Å²) in [5.41, 5.74) is 0.255. The molecule has 0 spiro atoms. The number of carbonyl (C=O) groups is 3. The third kappa shape index (κ3) is 4.06. The normalized spacial score (nSPS) is 15.1. The molecule has 2 aromatic carbocycles. The number of hydrogen-bond donors (Lipinski definition) is 1. The van der Waals surface area contributed by atoms with E-state index >= 15 is 0 Å². The van der Waals surface area contributed by atoms with Crippen LogP contribution in [0.5, 0.6) is 11.5 Å². The summed E-state index contributed by atoms with van der Waals surface area (Å²) in [6.07, 6.45) is 1.29. The Labute approximate surface area is 164 Å². The smallest absolute Gasteiger partial charge is 0.335 e. The van der Waals surface area contributed by atoms with Crippen molar-refractivity contribution in [2.24, 2.45) is 0 Å². The van der Waals surface area contributed by atoms with E-state index in [9.17, 15) is 18.8 Å². The molecule has 1 N–H and O–H groups in total. The lowest BCUT2D eigenvalue weighted by Gasteiger charge is -2.26. The zero-order valence-electron chi connectivity index (χ0n) is 15.1. The number of urea groups is 1. The molecule has 3 rings (SSSR count). The standard InChI is InChI=1S/C20H14FN3O5/c1-28-17-11-12(2-7-16(17)29-9-8-22)10-15-18(25)23-20(27)24(19(15)26)14-5-3-13(21)4-6-14/h2-7,10-11H,9H2,1H3,(H,23,25,27)/b15-10+. The molecule has 0 saturated carbocycles. The van der Waals surface area contributed by atoms with Gasteiger partial charge in [-0.2, -0.15) is 5.26 Å². The Morgan fingerprint density at radius 3 is 2.52 bits per heavy atom. The number of halogens is 1. The summed E-state index contributed by atoms with van der Waals surface area (Å²) < 4.78 is 23.6. The lowest BCUT2D eigenvalue weighted by Crippen LogP contribution is -2.54. The fourth-order valence-electron chi connectivity index (χ4n) is 2.65. The van der Waals surface area contributed by atoms with Gasteiger partial charge in [-0.25, -0.2) is 14.1 Å². The number of benzene rings is 2. The van der Waals surface area contributed by atoms with Gasteiger partial charge in [0.25, 0.3) is 11.8 Å². The highest BCUT2D eigenvalue weighted by Crippen LogP contribution is 2.29. The molecule has 0 atom stereocenters. The molecule has 0 bridgehead atoms. The predicted octanol–water partition coefficient (Wildman–Crippen LogP) is 2.40.